The summed E-state index contributed by atoms with van der Waals surface area (Å²) in [5, 5.41) is 19.2. The highest BCUT2D eigenvalue weighted by Gasteiger charge is 2.29. The van der Waals surface area contributed by atoms with Gasteiger partial charge in [0.25, 0.3) is 5.91 Å². The van der Waals surface area contributed by atoms with Crippen LogP contribution in [0.1, 0.15) is 22.8 Å². The van der Waals surface area contributed by atoms with Gasteiger partial charge < -0.3 is 4.90 Å². The lowest BCUT2D eigenvalue weighted by Gasteiger charge is -2.16. The molecule has 1 saturated heterocycles. The third-order valence-electron chi connectivity index (χ3n) is 4.97. The summed E-state index contributed by atoms with van der Waals surface area (Å²) in [7, 11) is 0. The topological polar surface area (TPSA) is 92.6 Å². The summed E-state index contributed by atoms with van der Waals surface area (Å²) in [4.78, 5) is 14.7. The third-order valence-corrected chi connectivity index (χ3v) is 4.97. The summed E-state index contributed by atoms with van der Waals surface area (Å²) in [6.45, 7) is 1.31. The predicted molar refractivity (Wildman–Crippen MR) is 98.9 cm³/mol. The van der Waals surface area contributed by atoms with Crippen molar-refractivity contribution in [2.45, 2.75) is 12.5 Å². The van der Waals surface area contributed by atoms with Gasteiger partial charge >= 0.3 is 0 Å². The number of nitrogens with zero attached hydrogens (tertiary/aromatic N) is 6. The summed E-state index contributed by atoms with van der Waals surface area (Å²) in [5.41, 5.74) is 3.95. The van der Waals surface area contributed by atoms with E-state index in [-0.39, 0.29) is 11.9 Å². The van der Waals surface area contributed by atoms with Crippen molar-refractivity contribution in [3.05, 3.63) is 60.3 Å². The fourth-order valence-electron chi connectivity index (χ4n) is 3.49. The van der Waals surface area contributed by atoms with Crippen molar-refractivity contribution < 1.29 is 4.79 Å². The van der Waals surface area contributed by atoms with Gasteiger partial charge in [0.1, 0.15) is 16.7 Å². The van der Waals surface area contributed by atoms with Gasteiger partial charge in [-0.25, -0.2) is 4.68 Å². The molecule has 1 unspecified atom stereocenters. The van der Waals surface area contributed by atoms with Crippen molar-refractivity contribution in [2.24, 2.45) is 0 Å². The van der Waals surface area contributed by atoms with Crippen LogP contribution in [0.4, 0.5) is 0 Å². The maximum Gasteiger partial charge on any atom is 0.254 e. The van der Waals surface area contributed by atoms with Crippen molar-refractivity contribution in [1.82, 2.24) is 35.3 Å². The van der Waals surface area contributed by atoms with Gasteiger partial charge in [0.2, 0.25) is 0 Å². The SMILES string of the molecule is O=C(c1ccc2n[nH]nc2c1)N1CCC(n2cc(-c3ccccc3)nn2)C1. The Labute approximate surface area is 154 Å². The van der Waals surface area contributed by atoms with E-state index in [0.717, 1.165) is 23.2 Å². The average Bonchev–Trinajstić information content (AvgIpc) is 3.47. The van der Waals surface area contributed by atoms with Crippen LogP contribution in [-0.4, -0.2) is 54.3 Å². The Morgan fingerprint density at radius 1 is 1.07 bits per heavy atom. The molecule has 0 radical (unpaired) electrons. The van der Waals surface area contributed by atoms with E-state index in [1.807, 2.05) is 52.2 Å². The van der Waals surface area contributed by atoms with Crippen molar-refractivity contribution in [2.75, 3.05) is 13.1 Å². The first-order chi connectivity index (χ1) is 13.3. The Kier molecular flexibility index (Phi) is 3.67. The van der Waals surface area contributed by atoms with Gasteiger partial charge in [-0.3, -0.25) is 4.79 Å². The van der Waals surface area contributed by atoms with Crippen LogP contribution in [0.3, 0.4) is 0 Å². The van der Waals surface area contributed by atoms with Crippen LogP contribution in [-0.2, 0) is 0 Å². The Morgan fingerprint density at radius 2 is 1.93 bits per heavy atom. The van der Waals surface area contributed by atoms with Crippen LogP contribution in [0, 0.1) is 0 Å². The van der Waals surface area contributed by atoms with Crippen molar-refractivity contribution in [1.29, 1.82) is 0 Å². The number of benzene rings is 2. The van der Waals surface area contributed by atoms with Crippen LogP contribution in [0.15, 0.2) is 54.7 Å². The molecule has 27 heavy (non-hydrogen) atoms. The molecule has 0 saturated carbocycles. The molecule has 8 nitrogen and oxygen atoms in total. The highest BCUT2D eigenvalue weighted by atomic mass is 16.2. The maximum atomic E-state index is 12.8. The normalized spacial score (nSPS) is 16.9. The molecule has 1 aliphatic rings. The second-order valence-electron chi connectivity index (χ2n) is 6.67. The molecule has 0 bridgehead atoms. The lowest BCUT2D eigenvalue weighted by atomic mass is 10.2. The second kappa shape index (κ2) is 6.31. The lowest BCUT2D eigenvalue weighted by molar-refractivity contribution is 0.0787. The molecule has 2 aromatic heterocycles. The Bertz CT molecular complexity index is 1100. The molecule has 5 rings (SSSR count). The average molecular weight is 359 g/mol. The first kappa shape index (κ1) is 15.7. The van der Waals surface area contributed by atoms with Gasteiger partial charge in [0.15, 0.2) is 0 Å². The fraction of sp³-hybridized carbons (Fsp3) is 0.211. The van der Waals surface area contributed by atoms with E-state index in [9.17, 15) is 4.79 Å². The minimum atomic E-state index is 0.00537. The van der Waals surface area contributed by atoms with Crippen LogP contribution >= 0.6 is 0 Å². The number of fused-ring (bicyclic) bond motifs is 1. The summed E-state index contributed by atoms with van der Waals surface area (Å²) in [6, 6.07) is 15.5. The van der Waals surface area contributed by atoms with Gasteiger partial charge in [-0.2, -0.15) is 15.4 Å². The number of aromatic nitrogens is 6. The lowest BCUT2D eigenvalue weighted by Crippen LogP contribution is -2.29. The molecule has 0 spiro atoms. The molecule has 1 amide bonds. The molecule has 4 aromatic rings. The fourth-order valence-corrected chi connectivity index (χ4v) is 3.49. The number of likely N-dealkylation sites (tertiary alicyclic amines) is 1. The minimum absolute atomic E-state index is 0.00537. The van der Waals surface area contributed by atoms with Crippen LogP contribution in [0.2, 0.25) is 0 Å². The zero-order valence-electron chi connectivity index (χ0n) is 14.5. The number of hydrogen-bond donors (Lipinski definition) is 1. The summed E-state index contributed by atoms with van der Waals surface area (Å²) < 4.78 is 1.87. The molecule has 1 aliphatic heterocycles. The number of rotatable bonds is 3. The van der Waals surface area contributed by atoms with E-state index < -0.39 is 0 Å². The molecule has 134 valence electrons. The molecule has 1 atom stereocenters. The number of carbonyl (C=O) groups is 1. The van der Waals surface area contributed by atoms with E-state index in [0.29, 0.717) is 24.2 Å². The van der Waals surface area contributed by atoms with E-state index in [4.69, 9.17) is 0 Å². The summed E-state index contributed by atoms with van der Waals surface area (Å²) in [6.07, 6.45) is 2.81. The van der Waals surface area contributed by atoms with Gasteiger partial charge in [-0.1, -0.05) is 35.5 Å². The molecular formula is C19H17N7O. The quantitative estimate of drug-likeness (QED) is 0.606. The third kappa shape index (κ3) is 2.84. The van der Waals surface area contributed by atoms with Crippen molar-refractivity contribution in [3.63, 3.8) is 0 Å². The number of hydrogen-bond acceptors (Lipinski definition) is 5. The number of amides is 1. The van der Waals surface area contributed by atoms with Crippen LogP contribution in [0.5, 0.6) is 0 Å². The smallest absolute Gasteiger partial charge is 0.254 e. The van der Waals surface area contributed by atoms with E-state index in [2.05, 4.69) is 25.7 Å². The molecular weight excluding hydrogens is 342 g/mol. The second-order valence-corrected chi connectivity index (χ2v) is 6.67. The first-order valence-electron chi connectivity index (χ1n) is 8.85. The zero-order chi connectivity index (χ0) is 18.2. The minimum Gasteiger partial charge on any atom is -0.336 e. The van der Waals surface area contributed by atoms with E-state index >= 15 is 0 Å². The number of nitrogens with one attached hydrogen (secondary N) is 1. The largest absolute Gasteiger partial charge is 0.336 e. The molecule has 1 fully saturated rings. The number of aromatic amines is 1. The van der Waals surface area contributed by atoms with Crippen molar-refractivity contribution >= 4 is 16.9 Å². The van der Waals surface area contributed by atoms with Crippen molar-refractivity contribution in [3.8, 4) is 11.3 Å². The van der Waals surface area contributed by atoms with Crippen LogP contribution < -0.4 is 0 Å². The Morgan fingerprint density at radius 3 is 2.81 bits per heavy atom. The highest BCUT2D eigenvalue weighted by Crippen LogP contribution is 2.25. The molecule has 8 heteroatoms. The Balaban J connectivity index is 1.32. The van der Waals surface area contributed by atoms with Gasteiger partial charge in [-0.05, 0) is 24.6 Å². The first-order valence-corrected chi connectivity index (χ1v) is 8.85. The van der Waals surface area contributed by atoms with E-state index in [1.54, 1.807) is 12.1 Å². The standard InChI is InChI=1S/C19H17N7O/c27-19(14-6-7-16-17(10-14)21-23-20-16)25-9-8-15(11-25)26-12-18(22-24-26)13-4-2-1-3-5-13/h1-7,10,12,15H,8-9,11H2,(H,20,21,23). The Hall–Kier alpha value is -3.55. The van der Waals surface area contributed by atoms with Crippen LogP contribution in [0.25, 0.3) is 22.3 Å². The summed E-state index contributed by atoms with van der Waals surface area (Å²) >= 11 is 0. The predicted octanol–water partition coefficient (Wildman–Crippen LogP) is 2.30. The maximum absolute atomic E-state index is 12.8. The van der Waals surface area contributed by atoms with Gasteiger partial charge in [0, 0.05) is 24.2 Å². The zero-order valence-corrected chi connectivity index (χ0v) is 14.5. The number of H-pyrrole nitrogens is 1. The summed E-state index contributed by atoms with van der Waals surface area (Å²) in [5.74, 6) is 0.00537. The molecule has 1 N–H and O–H groups in total. The highest BCUT2D eigenvalue weighted by molar-refractivity contribution is 5.97. The monoisotopic (exact) mass is 359 g/mol. The molecule has 3 heterocycles. The van der Waals surface area contributed by atoms with Gasteiger partial charge in [-0.15, -0.1) is 5.10 Å². The van der Waals surface area contributed by atoms with Gasteiger partial charge in [0.05, 0.1) is 12.2 Å². The van der Waals surface area contributed by atoms with E-state index in [1.165, 1.54) is 0 Å². The molecule has 2 aromatic carbocycles. The molecule has 0 aliphatic carbocycles. The number of carbonyl (C=O) groups excluding carboxylic acids is 1.